The van der Waals surface area contributed by atoms with Crippen LogP contribution in [0.3, 0.4) is 0 Å². The predicted molar refractivity (Wildman–Crippen MR) is 78.5 cm³/mol. The highest BCUT2D eigenvalue weighted by atomic mass is 32.1. The van der Waals surface area contributed by atoms with Crippen molar-refractivity contribution in [3.63, 3.8) is 0 Å². The highest BCUT2D eigenvalue weighted by Crippen LogP contribution is 2.33. The maximum absolute atomic E-state index is 12.8. The lowest BCUT2D eigenvalue weighted by molar-refractivity contribution is -0.137. The van der Waals surface area contributed by atoms with Gasteiger partial charge in [0.2, 0.25) is 0 Å². The van der Waals surface area contributed by atoms with E-state index in [0.29, 0.717) is 11.5 Å². The monoisotopic (exact) mass is 314 g/mol. The van der Waals surface area contributed by atoms with Crippen LogP contribution in [0, 0.1) is 0 Å². The van der Waals surface area contributed by atoms with E-state index < -0.39 is 11.7 Å². The van der Waals surface area contributed by atoms with Crippen LogP contribution in [0.4, 0.5) is 13.2 Å². The summed E-state index contributed by atoms with van der Waals surface area (Å²) in [6.07, 6.45) is -4.33. The van der Waals surface area contributed by atoms with Gasteiger partial charge in [0.25, 0.3) is 0 Å². The highest BCUT2D eigenvalue weighted by molar-refractivity contribution is 7.09. The van der Waals surface area contributed by atoms with Gasteiger partial charge in [-0.1, -0.05) is 26.0 Å². The van der Waals surface area contributed by atoms with Crippen LogP contribution in [0.25, 0.3) is 0 Å². The van der Waals surface area contributed by atoms with Gasteiger partial charge in [0, 0.05) is 5.38 Å². The second-order valence-corrected chi connectivity index (χ2v) is 6.00. The number of thiazole rings is 1. The summed E-state index contributed by atoms with van der Waals surface area (Å²) in [5.41, 5.74) is 0.889. The van der Waals surface area contributed by atoms with Gasteiger partial charge in [-0.25, -0.2) is 4.98 Å². The third-order valence-electron chi connectivity index (χ3n) is 3.21. The molecular weight excluding hydrogens is 297 g/mol. The summed E-state index contributed by atoms with van der Waals surface area (Å²) in [6.45, 7) is 4.08. The largest absolute Gasteiger partial charge is 0.416 e. The van der Waals surface area contributed by atoms with E-state index in [9.17, 15) is 13.2 Å². The molecule has 0 radical (unpaired) electrons. The average Bonchev–Trinajstić information content (AvgIpc) is 2.89. The van der Waals surface area contributed by atoms with Crippen molar-refractivity contribution >= 4 is 11.3 Å². The fourth-order valence-electron chi connectivity index (χ4n) is 2.03. The van der Waals surface area contributed by atoms with Gasteiger partial charge < -0.3 is 5.32 Å². The zero-order chi connectivity index (χ0) is 15.6. The molecule has 1 heterocycles. The number of nitrogens with one attached hydrogen (secondary N) is 1. The van der Waals surface area contributed by atoms with Gasteiger partial charge in [-0.3, -0.25) is 0 Å². The number of rotatable bonds is 4. The van der Waals surface area contributed by atoms with Crippen molar-refractivity contribution in [2.24, 2.45) is 0 Å². The van der Waals surface area contributed by atoms with Crippen molar-refractivity contribution in [1.29, 1.82) is 0 Å². The van der Waals surface area contributed by atoms with E-state index >= 15 is 0 Å². The fraction of sp³-hybridized carbons (Fsp3) is 0.400. The molecule has 2 rings (SSSR count). The molecule has 0 saturated carbocycles. The van der Waals surface area contributed by atoms with Crippen LogP contribution in [0.1, 0.15) is 47.6 Å². The molecule has 2 nitrogen and oxygen atoms in total. The topological polar surface area (TPSA) is 24.9 Å². The van der Waals surface area contributed by atoms with Gasteiger partial charge in [0.1, 0.15) is 5.01 Å². The molecular formula is C15H17F3N2S. The second-order valence-electron chi connectivity index (χ2n) is 5.11. The minimum Gasteiger partial charge on any atom is -0.307 e. The Kier molecular flexibility index (Phi) is 4.68. The number of alkyl halides is 3. The van der Waals surface area contributed by atoms with Crippen molar-refractivity contribution in [3.05, 3.63) is 51.5 Å². The predicted octanol–water partition coefficient (Wildman–Crippen LogP) is 4.59. The normalized spacial score (nSPS) is 13.7. The molecule has 0 amide bonds. The molecule has 6 heteroatoms. The molecule has 114 valence electrons. The standard InChI is InChI=1S/C15H17F3N2S/c1-9(2)12-8-21-14(20-12)13(19-3)10-5-4-6-11(7-10)15(16,17)18/h4-9,13,19H,1-3H3. The van der Waals surface area contributed by atoms with E-state index in [1.54, 1.807) is 13.1 Å². The molecule has 0 fully saturated rings. The Labute approximate surface area is 126 Å². The SMILES string of the molecule is CNC(c1cccc(C(F)(F)F)c1)c1nc(C(C)C)cs1. The summed E-state index contributed by atoms with van der Waals surface area (Å²) >= 11 is 1.46. The van der Waals surface area contributed by atoms with E-state index in [0.717, 1.165) is 16.8 Å². The van der Waals surface area contributed by atoms with Crippen LogP contribution in [-0.4, -0.2) is 12.0 Å². The number of aromatic nitrogens is 1. The van der Waals surface area contributed by atoms with Crippen LogP contribution >= 0.6 is 11.3 Å². The Bertz CT molecular complexity index is 605. The first-order chi connectivity index (χ1) is 9.82. The Hall–Kier alpha value is -1.40. The average molecular weight is 314 g/mol. The van der Waals surface area contributed by atoms with Crippen LogP contribution < -0.4 is 5.32 Å². The number of hydrogen-bond donors (Lipinski definition) is 1. The molecule has 1 atom stereocenters. The third kappa shape index (κ3) is 3.63. The summed E-state index contributed by atoms with van der Waals surface area (Å²) in [6, 6.07) is 5.05. The Morgan fingerprint density at radius 2 is 1.95 bits per heavy atom. The van der Waals surface area contributed by atoms with E-state index in [4.69, 9.17) is 0 Å². The van der Waals surface area contributed by atoms with Crippen molar-refractivity contribution in [2.45, 2.75) is 32.0 Å². The smallest absolute Gasteiger partial charge is 0.307 e. The van der Waals surface area contributed by atoms with Gasteiger partial charge >= 0.3 is 6.18 Å². The molecule has 0 aliphatic carbocycles. The molecule has 1 aromatic heterocycles. The van der Waals surface area contributed by atoms with E-state index in [1.165, 1.54) is 23.5 Å². The van der Waals surface area contributed by atoms with Crippen molar-refractivity contribution in [3.8, 4) is 0 Å². The van der Waals surface area contributed by atoms with Crippen molar-refractivity contribution in [1.82, 2.24) is 10.3 Å². The first-order valence-corrected chi connectivity index (χ1v) is 7.50. The van der Waals surface area contributed by atoms with Crippen LogP contribution in [0.2, 0.25) is 0 Å². The summed E-state index contributed by atoms with van der Waals surface area (Å²) < 4.78 is 38.4. The summed E-state index contributed by atoms with van der Waals surface area (Å²) in [5.74, 6) is 0.300. The number of benzene rings is 1. The lowest BCUT2D eigenvalue weighted by atomic mass is 10.0. The van der Waals surface area contributed by atoms with Gasteiger partial charge in [0.15, 0.2) is 0 Å². The summed E-state index contributed by atoms with van der Waals surface area (Å²) in [5, 5.41) is 5.78. The first-order valence-electron chi connectivity index (χ1n) is 6.62. The van der Waals surface area contributed by atoms with Gasteiger partial charge in [0.05, 0.1) is 17.3 Å². The van der Waals surface area contributed by atoms with E-state index in [2.05, 4.69) is 10.3 Å². The fourth-order valence-corrected chi connectivity index (χ4v) is 3.14. The van der Waals surface area contributed by atoms with Gasteiger partial charge in [-0.05, 0) is 30.7 Å². The maximum atomic E-state index is 12.8. The Morgan fingerprint density at radius 1 is 1.24 bits per heavy atom. The van der Waals surface area contributed by atoms with Crippen molar-refractivity contribution in [2.75, 3.05) is 7.05 Å². The molecule has 0 spiro atoms. The molecule has 0 bridgehead atoms. The molecule has 0 saturated heterocycles. The Balaban J connectivity index is 2.37. The molecule has 0 aliphatic heterocycles. The quantitative estimate of drug-likeness (QED) is 0.892. The Morgan fingerprint density at radius 3 is 2.48 bits per heavy atom. The van der Waals surface area contributed by atoms with Crippen LogP contribution in [0.15, 0.2) is 29.6 Å². The van der Waals surface area contributed by atoms with E-state index in [-0.39, 0.29) is 6.04 Å². The molecule has 21 heavy (non-hydrogen) atoms. The highest BCUT2D eigenvalue weighted by Gasteiger charge is 2.31. The van der Waals surface area contributed by atoms with E-state index in [1.807, 2.05) is 19.2 Å². The molecule has 2 aromatic rings. The van der Waals surface area contributed by atoms with Crippen molar-refractivity contribution < 1.29 is 13.2 Å². The minimum absolute atomic E-state index is 0.300. The number of halogens is 3. The zero-order valence-electron chi connectivity index (χ0n) is 12.0. The maximum Gasteiger partial charge on any atom is 0.416 e. The molecule has 1 unspecified atom stereocenters. The van der Waals surface area contributed by atoms with Crippen LogP contribution in [0.5, 0.6) is 0 Å². The minimum atomic E-state index is -4.33. The first kappa shape index (κ1) is 16.0. The zero-order valence-corrected chi connectivity index (χ0v) is 12.8. The number of nitrogens with zero attached hydrogens (tertiary/aromatic N) is 1. The second kappa shape index (κ2) is 6.15. The van der Waals surface area contributed by atoms with Gasteiger partial charge in [-0.2, -0.15) is 13.2 Å². The van der Waals surface area contributed by atoms with Gasteiger partial charge in [-0.15, -0.1) is 11.3 Å². The lowest BCUT2D eigenvalue weighted by Gasteiger charge is -2.16. The molecule has 0 aliphatic rings. The molecule has 1 aromatic carbocycles. The summed E-state index contributed by atoms with van der Waals surface area (Å²) in [7, 11) is 1.72. The third-order valence-corrected chi connectivity index (χ3v) is 4.14. The molecule has 1 N–H and O–H groups in total. The van der Waals surface area contributed by atoms with Crippen LogP contribution in [-0.2, 0) is 6.18 Å². The summed E-state index contributed by atoms with van der Waals surface area (Å²) in [4.78, 5) is 4.52. The number of hydrogen-bond acceptors (Lipinski definition) is 3. The lowest BCUT2D eigenvalue weighted by Crippen LogP contribution is -2.18.